The number of hydrogen-bond acceptors (Lipinski definition) is 5. The number of nitrogens with one attached hydrogen (secondary N) is 1. The van der Waals surface area contributed by atoms with Crippen molar-refractivity contribution in [1.29, 1.82) is 0 Å². The average molecular weight is 389 g/mol. The van der Waals surface area contributed by atoms with E-state index in [0.717, 1.165) is 49.3 Å². The third-order valence-corrected chi connectivity index (χ3v) is 6.33. The molecular formula is C20H29ClN6. The smallest absolute Gasteiger partial charge is 0.147 e. The Kier molecular flexibility index (Phi) is 5.66. The van der Waals surface area contributed by atoms with Gasteiger partial charge in [-0.2, -0.15) is 0 Å². The molecule has 2 aliphatic rings. The molecule has 146 valence electrons. The molecule has 0 bridgehead atoms. The minimum atomic E-state index is 0.565. The molecule has 0 aromatic carbocycles. The van der Waals surface area contributed by atoms with Gasteiger partial charge in [0.1, 0.15) is 11.6 Å². The molecule has 1 unspecified atom stereocenters. The monoisotopic (exact) mass is 388 g/mol. The molecule has 2 fully saturated rings. The summed E-state index contributed by atoms with van der Waals surface area (Å²) in [5, 5.41) is 0.700. The quantitative estimate of drug-likeness (QED) is 0.872. The van der Waals surface area contributed by atoms with Crippen molar-refractivity contribution in [3.63, 3.8) is 0 Å². The lowest BCUT2D eigenvalue weighted by molar-refractivity contribution is 0.0701. The van der Waals surface area contributed by atoms with Crippen LogP contribution in [0.1, 0.15) is 26.2 Å². The Hall–Kier alpha value is -1.63. The number of aromatic amines is 1. The minimum absolute atomic E-state index is 0.565. The summed E-state index contributed by atoms with van der Waals surface area (Å²) in [6.07, 6.45) is 9.14. The van der Waals surface area contributed by atoms with Gasteiger partial charge in [0.25, 0.3) is 0 Å². The third-order valence-electron chi connectivity index (χ3n) is 6.05. The largest absolute Gasteiger partial charge is 0.353 e. The molecular weight excluding hydrogens is 360 g/mol. The van der Waals surface area contributed by atoms with Gasteiger partial charge < -0.3 is 14.8 Å². The van der Waals surface area contributed by atoms with Crippen molar-refractivity contribution in [3.8, 4) is 11.4 Å². The lowest BCUT2D eigenvalue weighted by atomic mass is 9.98. The van der Waals surface area contributed by atoms with Gasteiger partial charge in [0.2, 0.25) is 0 Å². The summed E-state index contributed by atoms with van der Waals surface area (Å²) in [7, 11) is 2.23. The van der Waals surface area contributed by atoms with Crippen molar-refractivity contribution in [2.75, 3.05) is 44.7 Å². The highest BCUT2D eigenvalue weighted by Crippen LogP contribution is 2.31. The van der Waals surface area contributed by atoms with Crippen LogP contribution >= 0.6 is 11.6 Å². The van der Waals surface area contributed by atoms with Crippen molar-refractivity contribution in [3.05, 3.63) is 29.7 Å². The summed E-state index contributed by atoms with van der Waals surface area (Å²) in [4.78, 5) is 19.6. The Bertz CT molecular complexity index is 741. The molecule has 2 aromatic rings. The van der Waals surface area contributed by atoms with Crippen molar-refractivity contribution < 1.29 is 0 Å². The van der Waals surface area contributed by atoms with Gasteiger partial charge in [-0.3, -0.25) is 4.90 Å². The van der Waals surface area contributed by atoms with E-state index in [2.05, 4.69) is 43.6 Å². The van der Waals surface area contributed by atoms with Gasteiger partial charge in [-0.05, 0) is 45.5 Å². The van der Waals surface area contributed by atoms with E-state index < -0.39 is 0 Å². The highest BCUT2D eigenvalue weighted by atomic mass is 35.5. The second-order valence-electron chi connectivity index (χ2n) is 7.75. The number of piperazine rings is 1. The maximum Gasteiger partial charge on any atom is 0.147 e. The molecule has 7 heteroatoms. The van der Waals surface area contributed by atoms with Gasteiger partial charge >= 0.3 is 0 Å². The summed E-state index contributed by atoms with van der Waals surface area (Å²) in [5.74, 6) is 1.70. The SMILES string of the molecule is CCC1CN(c2ncc(-c3ncc[nH]3)cc2Cl)CCN1C1CCN(C)CC1. The van der Waals surface area contributed by atoms with Crippen LogP contribution in [0.3, 0.4) is 0 Å². The normalized spacial score (nSPS) is 23.1. The van der Waals surface area contributed by atoms with Crippen molar-refractivity contribution in [2.24, 2.45) is 0 Å². The van der Waals surface area contributed by atoms with Crippen LogP contribution in [0.5, 0.6) is 0 Å². The van der Waals surface area contributed by atoms with Gasteiger partial charge in [0.05, 0.1) is 5.02 Å². The maximum atomic E-state index is 6.61. The number of pyridine rings is 1. The van der Waals surface area contributed by atoms with E-state index >= 15 is 0 Å². The van der Waals surface area contributed by atoms with E-state index in [1.54, 1.807) is 6.20 Å². The summed E-state index contributed by atoms with van der Waals surface area (Å²) in [5.41, 5.74) is 0.922. The van der Waals surface area contributed by atoms with E-state index in [0.29, 0.717) is 11.1 Å². The molecule has 2 aromatic heterocycles. The Morgan fingerprint density at radius 1 is 1.19 bits per heavy atom. The number of anilines is 1. The summed E-state index contributed by atoms with van der Waals surface area (Å²) in [6.45, 7) is 7.78. The number of likely N-dealkylation sites (tertiary alicyclic amines) is 1. The van der Waals surface area contributed by atoms with E-state index in [9.17, 15) is 0 Å². The zero-order chi connectivity index (χ0) is 18.8. The van der Waals surface area contributed by atoms with Crippen LogP contribution in [-0.4, -0.2) is 76.6 Å². The number of imidazole rings is 1. The molecule has 0 aliphatic carbocycles. The van der Waals surface area contributed by atoms with Crippen molar-refractivity contribution in [2.45, 2.75) is 38.3 Å². The van der Waals surface area contributed by atoms with Crippen molar-refractivity contribution in [1.82, 2.24) is 24.8 Å². The summed E-state index contributed by atoms with van der Waals surface area (Å²) >= 11 is 6.61. The third kappa shape index (κ3) is 3.98. The molecule has 0 spiro atoms. The number of piperidine rings is 1. The first kappa shape index (κ1) is 18.7. The molecule has 1 atom stereocenters. The molecule has 4 heterocycles. The first-order valence-electron chi connectivity index (χ1n) is 10.00. The fourth-order valence-electron chi connectivity index (χ4n) is 4.45. The summed E-state index contributed by atoms with van der Waals surface area (Å²) in [6, 6.07) is 3.25. The predicted octanol–water partition coefficient (Wildman–Crippen LogP) is 3.12. The second-order valence-corrected chi connectivity index (χ2v) is 8.15. The van der Waals surface area contributed by atoms with E-state index in [4.69, 9.17) is 11.6 Å². The van der Waals surface area contributed by atoms with Crippen LogP contribution in [0.15, 0.2) is 24.7 Å². The van der Waals surface area contributed by atoms with Gasteiger partial charge in [-0.1, -0.05) is 18.5 Å². The molecule has 6 nitrogen and oxygen atoms in total. The fraction of sp³-hybridized carbons (Fsp3) is 0.600. The van der Waals surface area contributed by atoms with Crippen LogP contribution in [0.25, 0.3) is 11.4 Å². The molecule has 0 saturated carbocycles. The van der Waals surface area contributed by atoms with E-state index in [1.807, 2.05) is 18.5 Å². The number of rotatable bonds is 4. The van der Waals surface area contributed by atoms with E-state index in [1.165, 1.54) is 25.9 Å². The van der Waals surface area contributed by atoms with Crippen LogP contribution in [0, 0.1) is 0 Å². The highest BCUT2D eigenvalue weighted by Gasteiger charge is 2.33. The average Bonchev–Trinajstić information content (AvgIpc) is 3.23. The number of H-pyrrole nitrogens is 1. The van der Waals surface area contributed by atoms with Gasteiger partial charge in [0, 0.05) is 55.9 Å². The fourth-order valence-corrected chi connectivity index (χ4v) is 4.73. The van der Waals surface area contributed by atoms with Crippen LogP contribution in [-0.2, 0) is 0 Å². The Labute approximate surface area is 166 Å². The van der Waals surface area contributed by atoms with Crippen LogP contribution in [0.2, 0.25) is 5.02 Å². The number of nitrogens with zero attached hydrogens (tertiary/aromatic N) is 5. The Balaban J connectivity index is 1.46. The molecule has 2 aliphatic heterocycles. The lowest BCUT2D eigenvalue weighted by Gasteiger charge is -2.47. The standard InChI is InChI=1S/C20H29ClN6/c1-3-16-14-26(10-11-27(16)17-4-8-25(2)9-5-17)20-18(21)12-15(13-24-20)19-22-6-7-23-19/h6-7,12-13,16-17H,3-5,8-11,14H2,1-2H3,(H,22,23). The number of aromatic nitrogens is 3. The Morgan fingerprint density at radius 2 is 2.00 bits per heavy atom. The number of hydrogen-bond donors (Lipinski definition) is 1. The molecule has 0 radical (unpaired) electrons. The Morgan fingerprint density at radius 3 is 2.67 bits per heavy atom. The first-order valence-corrected chi connectivity index (χ1v) is 10.4. The molecule has 4 rings (SSSR count). The highest BCUT2D eigenvalue weighted by molar-refractivity contribution is 6.33. The minimum Gasteiger partial charge on any atom is -0.353 e. The number of halogens is 1. The first-order chi connectivity index (χ1) is 13.2. The molecule has 27 heavy (non-hydrogen) atoms. The molecule has 2 saturated heterocycles. The lowest BCUT2D eigenvalue weighted by Crippen LogP contribution is -2.58. The van der Waals surface area contributed by atoms with Gasteiger partial charge in [-0.15, -0.1) is 0 Å². The maximum absolute atomic E-state index is 6.61. The second kappa shape index (κ2) is 8.17. The molecule has 1 N–H and O–H groups in total. The topological polar surface area (TPSA) is 51.3 Å². The van der Waals surface area contributed by atoms with Crippen LogP contribution in [0.4, 0.5) is 5.82 Å². The van der Waals surface area contributed by atoms with E-state index in [-0.39, 0.29) is 0 Å². The zero-order valence-electron chi connectivity index (χ0n) is 16.2. The van der Waals surface area contributed by atoms with Gasteiger partial charge in [0.15, 0.2) is 0 Å². The van der Waals surface area contributed by atoms with Gasteiger partial charge in [-0.25, -0.2) is 9.97 Å². The molecule has 0 amide bonds. The zero-order valence-corrected chi connectivity index (χ0v) is 17.0. The summed E-state index contributed by atoms with van der Waals surface area (Å²) < 4.78 is 0. The van der Waals surface area contributed by atoms with Crippen LogP contribution < -0.4 is 4.90 Å². The van der Waals surface area contributed by atoms with Crippen molar-refractivity contribution >= 4 is 17.4 Å². The predicted molar refractivity (Wildman–Crippen MR) is 110 cm³/mol.